The van der Waals surface area contributed by atoms with Gasteiger partial charge < -0.3 is 19.3 Å². The second kappa shape index (κ2) is 8.92. The SMILES string of the molecule is CCOCC(=O)N1CCCC(c2nnc(CN3CCC(O)CC3)n2C)C1. The summed E-state index contributed by atoms with van der Waals surface area (Å²) in [5.74, 6) is 2.20. The van der Waals surface area contributed by atoms with E-state index in [0.29, 0.717) is 13.2 Å². The maximum Gasteiger partial charge on any atom is 0.248 e. The molecule has 26 heavy (non-hydrogen) atoms. The third kappa shape index (κ3) is 4.61. The Morgan fingerprint density at radius 1 is 1.23 bits per heavy atom. The summed E-state index contributed by atoms with van der Waals surface area (Å²) in [5.41, 5.74) is 0. The van der Waals surface area contributed by atoms with Crippen LogP contribution in [0.25, 0.3) is 0 Å². The topological polar surface area (TPSA) is 83.7 Å². The summed E-state index contributed by atoms with van der Waals surface area (Å²) in [6, 6.07) is 0. The number of ether oxygens (including phenoxy) is 1. The zero-order valence-electron chi connectivity index (χ0n) is 15.9. The zero-order valence-corrected chi connectivity index (χ0v) is 15.9. The van der Waals surface area contributed by atoms with Crippen molar-refractivity contribution in [3.8, 4) is 0 Å². The first kappa shape index (κ1) is 19.3. The third-order valence-corrected chi connectivity index (χ3v) is 5.49. The lowest BCUT2D eigenvalue weighted by atomic mass is 9.97. The fourth-order valence-corrected chi connectivity index (χ4v) is 3.84. The highest BCUT2D eigenvalue weighted by Crippen LogP contribution is 2.26. The van der Waals surface area contributed by atoms with Crippen molar-refractivity contribution in [2.45, 2.75) is 51.2 Å². The van der Waals surface area contributed by atoms with E-state index < -0.39 is 0 Å². The van der Waals surface area contributed by atoms with Crippen molar-refractivity contribution in [3.05, 3.63) is 11.6 Å². The number of carbonyl (C=O) groups is 1. The minimum Gasteiger partial charge on any atom is -0.393 e. The van der Waals surface area contributed by atoms with Crippen molar-refractivity contribution in [2.75, 3.05) is 39.4 Å². The van der Waals surface area contributed by atoms with Gasteiger partial charge in [-0.05, 0) is 32.6 Å². The van der Waals surface area contributed by atoms with Gasteiger partial charge in [-0.3, -0.25) is 9.69 Å². The fourth-order valence-electron chi connectivity index (χ4n) is 3.84. The average Bonchev–Trinajstić information content (AvgIpc) is 3.02. The monoisotopic (exact) mass is 365 g/mol. The van der Waals surface area contributed by atoms with Gasteiger partial charge in [-0.25, -0.2) is 0 Å². The van der Waals surface area contributed by atoms with Gasteiger partial charge in [0.05, 0.1) is 12.6 Å². The molecule has 8 heteroatoms. The van der Waals surface area contributed by atoms with Gasteiger partial charge in [-0.2, -0.15) is 0 Å². The van der Waals surface area contributed by atoms with E-state index in [1.165, 1.54) is 0 Å². The van der Waals surface area contributed by atoms with Crippen LogP contribution in [-0.2, 0) is 23.1 Å². The molecule has 0 spiro atoms. The quantitative estimate of drug-likeness (QED) is 0.791. The van der Waals surface area contributed by atoms with Crippen molar-refractivity contribution >= 4 is 5.91 Å². The Bertz CT molecular complexity index is 598. The average molecular weight is 365 g/mol. The molecule has 3 rings (SSSR count). The molecule has 2 fully saturated rings. The summed E-state index contributed by atoms with van der Waals surface area (Å²) in [4.78, 5) is 16.5. The molecule has 3 heterocycles. The molecule has 1 atom stereocenters. The summed E-state index contributed by atoms with van der Waals surface area (Å²) in [6.07, 6.45) is 3.49. The molecule has 2 aliphatic heterocycles. The number of nitrogens with zero attached hydrogens (tertiary/aromatic N) is 5. The number of rotatable bonds is 6. The number of aliphatic hydroxyl groups excluding tert-OH is 1. The molecule has 0 bridgehead atoms. The standard InChI is InChI=1S/C18H31N5O3/c1-3-26-13-17(25)23-8-4-5-14(11-23)18-20-19-16(21(18)2)12-22-9-6-15(24)7-10-22/h14-15,24H,3-13H2,1-2H3. The molecule has 0 aliphatic carbocycles. The van der Waals surface area contributed by atoms with Crippen LogP contribution < -0.4 is 0 Å². The lowest BCUT2D eigenvalue weighted by Gasteiger charge is -2.32. The van der Waals surface area contributed by atoms with Gasteiger partial charge in [0, 0.05) is 45.8 Å². The highest BCUT2D eigenvalue weighted by atomic mass is 16.5. The fraction of sp³-hybridized carbons (Fsp3) is 0.833. The number of aromatic nitrogens is 3. The van der Waals surface area contributed by atoms with E-state index in [-0.39, 0.29) is 24.5 Å². The molecule has 1 unspecified atom stereocenters. The third-order valence-electron chi connectivity index (χ3n) is 5.49. The molecule has 0 aromatic carbocycles. The van der Waals surface area contributed by atoms with E-state index in [4.69, 9.17) is 4.74 Å². The first-order valence-electron chi connectivity index (χ1n) is 9.72. The first-order chi connectivity index (χ1) is 12.6. The van der Waals surface area contributed by atoms with Crippen LogP contribution in [0.15, 0.2) is 0 Å². The van der Waals surface area contributed by atoms with Crippen molar-refractivity contribution < 1.29 is 14.6 Å². The molecule has 1 N–H and O–H groups in total. The van der Waals surface area contributed by atoms with Gasteiger partial charge in [-0.1, -0.05) is 0 Å². The second-order valence-corrected chi connectivity index (χ2v) is 7.36. The van der Waals surface area contributed by atoms with Gasteiger partial charge in [0.15, 0.2) is 0 Å². The number of carbonyl (C=O) groups excluding carboxylic acids is 1. The van der Waals surface area contributed by atoms with Gasteiger partial charge in [-0.15, -0.1) is 10.2 Å². The van der Waals surface area contributed by atoms with E-state index in [9.17, 15) is 9.90 Å². The molecular weight excluding hydrogens is 334 g/mol. The van der Waals surface area contributed by atoms with Crippen molar-refractivity contribution in [1.82, 2.24) is 24.6 Å². The van der Waals surface area contributed by atoms with Crippen LogP contribution in [0.3, 0.4) is 0 Å². The zero-order chi connectivity index (χ0) is 18.5. The Hall–Kier alpha value is -1.51. The summed E-state index contributed by atoms with van der Waals surface area (Å²) < 4.78 is 7.35. The first-order valence-corrected chi connectivity index (χ1v) is 9.72. The Morgan fingerprint density at radius 2 is 2.00 bits per heavy atom. The predicted octanol–water partition coefficient (Wildman–Crippen LogP) is 0.514. The minimum atomic E-state index is -0.163. The van der Waals surface area contributed by atoms with Crippen LogP contribution in [0.2, 0.25) is 0 Å². The van der Waals surface area contributed by atoms with Crippen LogP contribution >= 0.6 is 0 Å². The van der Waals surface area contributed by atoms with Crippen LogP contribution in [0.4, 0.5) is 0 Å². The number of likely N-dealkylation sites (tertiary alicyclic amines) is 2. The molecule has 1 amide bonds. The lowest BCUT2D eigenvalue weighted by Crippen LogP contribution is -2.41. The Labute approximate surface area is 155 Å². The van der Waals surface area contributed by atoms with Crippen LogP contribution in [0.1, 0.15) is 50.2 Å². The van der Waals surface area contributed by atoms with E-state index in [1.807, 2.05) is 18.9 Å². The maximum atomic E-state index is 12.2. The lowest BCUT2D eigenvalue weighted by molar-refractivity contribution is -0.137. The van der Waals surface area contributed by atoms with E-state index in [1.54, 1.807) is 0 Å². The van der Waals surface area contributed by atoms with E-state index in [0.717, 1.165) is 63.5 Å². The summed E-state index contributed by atoms with van der Waals surface area (Å²) in [5, 5.41) is 18.5. The van der Waals surface area contributed by atoms with Crippen molar-refractivity contribution in [1.29, 1.82) is 0 Å². The molecule has 1 aromatic heterocycles. The molecular formula is C18H31N5O3. The highest BCUT2D eigenvalue weighted by molar-refractivity contribution is 5.77. The Morgan fingerprint density at radius 3 is 2.73 bits per heavy atom. The molecule has 2 saturated heterocycles. The number of piperidine rings is 2. The molecule has 0 saturated carbocycles. The Kier molecular flexibility index (Phi) is 6.61. The normalized spacial score (nSPS) is 22.7. The highest BCUT2D eigenvalue weighted by Gasteiger charge is 2.29. The molecule has 2 aliphatic rings. The second-order valence-electron chi connectivity index (χ2n) is 7.36. The maximum absolute atomic E-state index is 12.2. The largest absolute Gasteiger partial charge is 0.393 e. The number of hydrogen-bond acceptors (Lipinski definition) is 6. The van der Waals surface area contributed by atoms with Crippen molar-refractivity contribution in [2.24, 2.45) is 7.05 Å². The summed E-state index contributed by atoms with van der Waals surface area (Å²) in [7, 11) is 2.02. The minimum absolute atomic E-state index is 0.0609. The van der Waals surface area contributed by atoms with Gasteiger partial charge >= 0.3 is 0 Å². The number of hydrogen-bond donors (Lipinski definition) is 1. The molecule has 1 aromatic rings. The van der Waals surface area contributed by atoms with E-state index in [2.05, 4.69) is 19.7 Å². The molecule has 8 nitrogen and oxygen atoms in total. The number of aliphatic hydroxyl groups is 1. The molecule has 146 valence electrons. The van der Waals surface area contributed by atoms with Gasteiger partial charge in [0.2, 0.25) is 5.91 Å². The molecule has 0 radical (unpaired) electrons. The van der Waals surface area contributed by atoms with Gasteiger partial charge in [0.1, 0.15) is 18.3 Å². The van der Waals surface area contributed by atoms with E-state index >= 15 is 0 Å². The predicted molar refractivity (Wildman–Crippen MR) is 96.6 cm³/mol. The summed E-state index contributed by atoms with van der Waals surface area (Å²) >= 11 is 0. The van der Waals surface area contributed by atoms with Gasteiger partial charge in [0.25, 0.3) is 0 Å². The van der Waals surface area contributed by atoms with Crippen molar-refractivity contribution in [3.63, 3.8) is 0 Å². The summed E-state index contributed by atoms with van der Waals surface area (Å²) in [6.45, 7) is 6.65. The smallest absolute Gasteiger partial charge is 0.248 e. The van der Waals surface area contributed by atoms with Crippen LogP contribution in [-0.4, -0.2) is 81.1 Å². The van der Waals surface area contributed by atoms with Crippen LogP contribution in [0.5, 0.6) is 0 Å². The number of amides is 1. The Balaban J connectivity index is 1.60. The van der Waals surface area contributed by atoms with Crippen LogP contribution in [0, 0.1) is 0 Å².